The van der Waals surface area contributed by atoms with Crippen LogP contribution in [0.3, 0.4) is 0 Å². The van der Waals surface area contributed by atoms with Crippen molar-refractivity contribution in [1.29, 1.82) is 5.26 Å². The number of anilines is 2. The van der Waals surface area contributed by atoms with Crippen molar-refractivity contribution in [2.45, 2.75) is 19.5 Å². The normalized spacial score (nSPS) is 20.5. The highest BCUT2D eigenvalue weighted by Crippen LogP contribution is 2.38. The zero-order valence-corrected chi connectivity index (χ0v) is 14.6. The highest BCUT2D eigenvalue weighted by Gasteiger charge is 2.37. The Morgan fingerprint density at radius 3 is 2.85 bits per heavy atom. The smallest absolute Gasteiger partial charge is 0.403 e. The van der Waals surface area contributed by atoms with Gasteiger partial charge in [-0.15, -0.1) is 0 Å². The fourth-order valence-corrected chi connectivity index (χ4v) is 2.30. The van der Waals surface area contributed by atoms with Gasteiger partial charge in [0.05, 0.1) is 17.7 Å². The molecule has 2 atom stereocenters. The number of rotatable bonds is 7. The summed E-state index contributed by atoms with van der Waals surface area (Å²) in [6.07, 6.45) is -2.01. The molecule has 0 radical (unpaired) electrons. The number of nitrogens with zero attached hydrogens (tertiary/aromatic N) is 4. The van der Waals surface area contributed by atoms with E-state index in [1.165, 1.54) is 0 Å². The minimum atomic E-state index is -4.58. The van der Waals surface area contributed by atoms with Gasteiger partial charge in [0.1, 0.15) is 16.6 Å². The van der Waals surface area contributed by atoms with Crippen LogP contribution in [0.15, 0.2) is 23.1 Å². The van der Waals surface area contributed by atoms with Gasteiger partial charge in [-0.3, -0.25) is 4.99 Å². The lowest BCUT2D eigenvalue weighted by molar-refractivity contribution is -0.137. The quantitative estimate of drug-likeness (QED) is 0.620. The number of allylic oxidation sites excluding steroid dienone is 1. The monoisotopic (exact) mass is 387 g/mol. The molecule has 0 bridgehead atoms. The van der Waals surface area contributed by atoms with Gasteiger partial charge in [-0.1, -0.05) is 11.6 Å². The van der Waals surface area contributed by atoms with Crippen molar-refractivity contribution in [1.82, 2.24) is 9.97 Å². The second-order valence-corrected chi connectivity index (χ2v) is 5.91. The molecule has 1 aromatic heterocycles. The molecular formula is C15H17ClF3N7. The molecule has 0 amide bonds. The Kier molecular flexibility index (Phi) is 6.26. The van der Waals surface area contributed by atoms with Crippen molar-refractivity contribution in [2.24, 2.45) is 22.6 Å². The van der Waals surface area contributed by atoms with Crippen LogP contribution in [0.25, 0.3) is 0 Å². The van der Waals surface area contributed by atoms with Gasteiger partial charge in [-0.25, -0.2) is 4.98 Å². The first kappa shape index (κ1) is 19.8. The van der Waals surface area contributed by atoms with E-state index in [0.29, 0.717) is 12.7 Å². The third-order valence-electron chi connectivity index (χ3n) is 3.63. The Balaban J connectivity index is 2.13. The van der Waals surface area contributed by atoms with Crippen molar-refractivity contribution < 1.29 is 13.2 Å². The van der Waals surface area contributed by atoms with Crippen LogP contribution in [0.2, 0.25) is 0 Å². The molecule has 1 aromatic rings. The van der Waals surface area contributed by atoms with E-state index in [9.17, 15) is 13.2 Å². The van der Waals surface area contributed by atoms with Crippen LogP contribution in [0, 0.1) is 23.2 Å². The van der Waals surface area contributed by atoms with Crippen molar-refractivity contribution in [3.05, 3.63) is 23.7 Å². The lowest BCUT2D eigenvalue weighted by atomic mass is 10.3. The van der Waals surface area contributed by atoms with Gasteiger partial charge in [0.25, 0.3) is 0 Å². The number of alkyl halides is 3. The Morgan fingerprint density at radius 2 is 2.31 bits per heavy atom. The third-order valence-corrected chi connectivity index (χ3v) is 3.95. The van der Waals surface area contributed by atoms with Gasteiger partial charge in [0.15, 0.2) is 0 Å². The highest BCUT2D eigenvalue weighted by molar-refractivity contribution is 6.69. The topological polar surface area (TPSA) is 112 Å². The number of nitriles is 1. The first-order valence-electron chi connectivity index (χ1n) is 7.77. The first-order valence-corrected chi connectivity index (χ1v) is 8.14. The van der Waals surface area contributed by atoms with Crippen LogP contribution in [0.5, 0.6) is 0 Å². The summed E-state index contributed by atoms with van der Waals surface area (Å²) in [4.78, 5) is 11.6. The fraction of sp³-hybridized carbons (Fsp3) is 0.467. The highest BCUT2D eigenvalue weighted by atomic mass is 35.5. The predicted molar refractivity (Wildman–Crippen MR) is 92.5 cm³/mol. The average molecular weight is 388 g/mol. The lowest BCUT2D eigenvalue weighted by Gasteiger charge is -2.14. The summed E-state index contributed by atoms with van der Waals surface area (Å²) in [5, 5.41) is 14.0. The summed E-state index contributed by atoms with van der Waals surface area (Å²) in [5.74, 6) is -0.310. The summed E-state index contributed by atoms with van der Waals surface area (Å²) in [7, 11) is 0. The van der Waals surface area contributed by atoms with Crippen LogP contribution < -0.4 is 16.4 Å². The van der Waals surface area contributed by atoms with Gasteiger partial charge in [-0.2, -0.15) is 23.4 Å². The largest absolute Gasteiger partial charge is 0.421 e. The van der Waals surface area contributed by atoms with Gasteiger partial charge in [-0.05, 0) is 19.3 Å². The molecule has 26 heavy (non-hydrogen) atoms. The van der Waals surface area contributed by atoms with Gasteiger partial charge in [0.2, 0.25) is 5.95 Å². The minimum Gasteiger partial charge on any atom is -0.403 e. The molecular weight excluding hydrogens is 371 g/mol. The lowest BCUT2D eigenvalue weighted by Crippen LogP contribution is -2.16. The van der Waals surface area contributed by atoms with Gasteiger partial charge >= 0.3 is 6.18 Å². The van der Waals surface area contributed by atoms with E-state index >= 15 is 0 Å². The Morgan fingerprint density at radius 1 is 1.58 bits per heavy atom. The summed E-state index contributed by atoms with van der Waals surface area (Å²) >= 11 is 6.07. The predicted octanol–water partition coefficient (Wildman–Crippen LogP) is 2.94. The molecule has 0 spiro atoms. The van der Waals surface area contributed by atoms with Gasteiger partial charge < -0.3 is 16.4 Å². The Bertz CT molecular complexity index is 755. The molecule has 7 nitrogen and oxygen atoms in total. The van der Waals surface area contributed by atoms with E-state index in [4.69, 9.17) is 22.6 Å². The zero-order chi connectivity index (χ0) is 19.3. The molecule has 1 aliphatic carbocycles. The van der Waals surface area contributed by atoms with Crippen LogP contribution >= 0.6 is 11.6 Å². The van der Waals surface area contributed by atoms with Crippen LogP contribution in [0.4, 0.5) is 24.9 Å². The van der Waals surface area contributed by atoms with Crippen molar-refractivity contribution in [3.8, 4) is 6.07 Å². The van der Waals surface area contributed by atoms with E-state index in [0.717, 1.165) is 12.6 Å². The van der Waals surface area contributed by atoms with Crippen molar-refractivity contribution in [3.63, 3.8) is 0 Å². The molecule has 1 fully saturated rings. The maximum Gasteiger partial charge on any atom is 0.421 e. The molecule has 11 heteroatoms. The standard InChI is InChI=1S/C15H17ClF3N7/c1-2-22-13-10(15(17,18)19)7-24-14(26-13)25-11(5-21)12(16)23-6-9-3-8(9)4-20/h5,7-9H,2-3,6,21H2,1H3,(H2,22,24,25,26)/b11-5+,23-12+/t8?,9-/m1/s1. The fourth-order valence-electron chi connectivity index (χ4n) is 2.12. The summed E-state index contributed by atoms with van der Waals surface area (Å²) in [5.41, 5.74) is 4.68. The van der Waals surface area contributed by atoms with Crippen LogP contribution in [0.1, 0.15) is 18.9 Å². The number of nitrogens with one attached hydrogen (secondary N) is 2. The second-order valence-electron chi connectivity index (χ2n) is 5.55. The Hall–Kier alpha value is -2.54. The molecule has 140 valence electrons. The number of aliphatic imine (C=N–C) groups is 1. The SMILES string of the molecule is CCNc1nc(NC(=C/N)/C(Cl)=N\C[C@H]2CC2C#N)ncc1C(F)(F)F. The molecule has 4 N–H and O–H groups in total. The molecule has 1 heterocycles. The molecule has 0 aliphatic heterocycles. The number of halogens is 4. The molecule has 0 aromatic carbocycles. The van der Waals surface area contributed by atoms with Crippen LogP contribution in [-0.4, -0.2) is 28.2 Å². The molecule has 0 saturated heterocycles. The van der Waals surface area contributed by atoms with Crippen molar-refractivity contribution in [2.75, 3.05) is 23.7 Å². The summed E-state index contributed by atoms with van der Waals surface area (Å²) < 4.78 is 38.9. The van der Waals surface area contributed by atoms with E-state index in [2.05, 4.69) is 31.7 Å². The average Bonchev–Trinajstić information content (AvgIpc) is 3.35. The number of hydrogen-bond acceptors (Lipinski definition) is 7. The number of aromatic nitrogens is 2. The maximum absolute atomic E-state index is 13.0. The second kappa shape index (κ2) is 8.23. The van der Waals surface area contributed by atoms with Gasteiger partial charge in [0, 0.05) is 25.5 Å². The number of nitrogens with two attached hydrogens (primary N) is 1. The first-order chi connectivity index (χ1) is 12.3. The molecule has 1 saturated carbocycles. The van der Waals surface area contributed by atoms with E-state index in [-0.39, 0.29) is 41.0 Å². The molecule has 2 rings (SSSR count). The Labute approximate surface area is 153 Å². The zero-order valence-electron chi connectivity index (χ0n) is 13.8. The van der Waals surface area contributed by atoms with E-state index in [1.54, 1.807) is 6.92 Å². The minimum absolute atomic E-state index is 0.0117. The number of hydrogen-bond donors (Lipinski definition) is 3. The summed E-state index contributed by atoms with van der Waals surface area (Å²) in [6, 6.07) is 2.15. The third kappa shape index (κ3) is 4.98. The molecule has 1 unspecified atom stereocenters. The maximum atomic E-state index is 13.0. The van der Waals surface area contributed by atoms with E-state index < -0.39 is 11.7 Å². The summed E-state index contributed by atoms with van der Waals surface area (Å²) in [6.45, 7) is 2.27. The van der Waals surface area contributed by atoms with Crippen LogP contribution in [-0.2, 0) is 6.18 Å². The molecule has 1 aliphatic rings. The van der Waals surface area contributed by atoms with Crippen molar-refractivity contribution >= 4 is 28.5 Å². The van der Waals surface area contributed by atoms with E-state index in [1.807, 2.05) is 0 Å².